The minimum absolute atomic E-state index is 0.00960. The molecular formula is C17H14BrN3O3. The van der Waals surface area contributed by atoms with Crippen molar-refractivity contribution in [3.05, 3.63) is 62.6 Å². The number of hydrogen-bond donors (Lipinski definition) is 1. The fraction of sp³-hybridized carbons (Fsp3) is 0.118. The van der Waals surface area contributed by atoms with Gasteiger partial charge >= 0.3 is 0 Å². The lowest BCUT2D eigenvalue weighted by Crippen LogP contribution is -2.20. The summed E-state index contributed by atoms with van der Waals surface area (Å²) in [6.45, 7) is 1.72. The second kappa shape index (κ2) is 6.45. The molecule has 0 radical (unpaired) electrons. The van der Waals surface area contributed by atoms with Crippen molar-refractivity contribution >= 4 is 33.0 Å². The summed E-state index contributed by atoms with van der Waals surface area (Å²) in [4.78, 5) is 16.9. The molecule has 122 valence electrons. The van der Waals surface area contributed by atoms with Crippen molar-refractivity contribution in [2.24, 2.45) is 5.10 Å². The first-order chi connectivity index (χ1) is 11.5. The summed E-state index contributed by atoms with van der Waals surface area (Å²) in [7, 11) is 1.46. The number of ether oxygens (including phenoxy) is 1. The fourth-order valence-corrected chi connectivity index (χ4v) is 2.78. The highest BCUT2D eigenvalue weighted by molar-refractivity contribution is 9.10. The van der Waals surface area contributed by atoms with Crippen LogP contribution >= 0.6 is 15.9 Å². The van der Waals surface area contributed by atoms with E-state index in [0.29, 0.717) is 32.5 Å². The first kappa shape index (κ1) is 16.2. The van der Waals surface area contributed by atoms with E-state index in [9.17, 15) is 9.90 Å². The summed E-state index contributed by atoms with van der Waals surface area (Å²) in [6, 6.07) is 10.4. The Morgan fingerprint density at radius 1 is 1.33 bits per heavy atom. The van der Waals surface area contributed by atoms with Gasteiger partial charge < -0.3 is 9.84 Å². The number of methoxy groups -OCH3 is 1. The smallest absolute Gasteiger partial charge is 0.282 e. The molecule has 3 aromatic rings. The van der Waals surface area contributed by atoms with Crippen molar-refractivity contribution in [1.29, 1.82) is 0 Å². The highest BCUT2D eigenvalue weighted by Crippen LogP contribution is 2.34. The van der Waals surface area contributed by atoms with Gasteiger partial charge in [-0.1, -0.05) is 12.1 Å². The lowest BCUT2D eigenvalue weighted by Gasteiger charge is -2.07. The van der Waals surface area contributed by atoms with Crippen LogP contribution in [-0.2, 0) is 0 Å². The van der Waals surface area contributed by atoms with Gasteiger partial charge in [-0.25, -0.2) is 4.98 Å². The van der Waals surface area contributed by atoms with Crippen molar-refractivity contribution in [2.75, 3.05) is 7.11 Å². The monoisotopic (exact) mass is 387 g/mol. The number of aryl methyl sites for hydroxylation is 1. The zero-order valence-corrected chi connectivity index (χ0v) is 14.6. The van der Waals surface area contributed by atoms with E-state index in [1.54, 1.807) is 37.3 Å². The Bertz CT molecular complexity index is 1010. The molecule has 0 unspecified atom stereocenters. The zero-order valence-electron chi connectivity index (χ0n) is 13.0. The summed E-state index contributed by atoms with van der Waals surface area (Å²) in [5.41, 5.74) is 1.07. The van der Waals surface area contributed by atoms with Gasteiger partial charge in [0, 0.05) is 0 Å². The van der Waals surface area contributed by atoms with Crippen molar-refractivity contribution in [2.45, 2.75) is 6.92 Å². The quantitative estimate of drug-likeness (QED) is 0.700. The molecule has 0 saturated carbocycles. The average Bonchev–Trinajstić information content (AvgIpc) is 2.57. The summed E-state index contributed by atoms with van der Waals surface area (Å²) in [5, 5.41) is 14.6. The average molecular weight is 388 g/mol. The molecule has 0 fully saturated rings. The van der Waals surface area contributed by atoms with Crippen LogP contribution in [0.15, 0.2) is 50.8 Å². The Kier molecular flexibility index (Phi) is 4.35. The van der Waals surface area contributed by atoms with E-state index in [1.165, 1.54) is 18.0 Å². The molecule has 0 aliphatic rings. The number of fused-ring (bicyclic) bond motifs is 1. The number of benzene rings is 2. The van der Waals surface area contributed by atoms with E-state index in [1.807, 2.05) is 6.07 Å². The fourth-order valence-electron chi connectivity index (χ4n) is 2.32. The third kappa shape index (κ3) is 2.90. The molecule has 0 atom stereocenters. The maximum Gasteiger partial charge on any atom is 0.282 e. The van der Waals surface area contributed by atoms with Gasteiger partial charge in [-0.15, -0.1) is 0 Å². The third-order valence-corrected chi connectivity index (χ3v) is 4.11. The van der Waals surface area contributed by atoms with Crippen molar-refractivity contribution < 1.29 is 9.84 Å². The van der Waals surface area contributed by atoms with Crippen LogP contribution in [0.3, 0.4) is 0 Å². The molecule has 7 heteroatoms. The number of phenols is 1. The number of nitrogens with zero attached hydrogens (tertiary/aromatic N) is 3. The Labute approximate surface area is 146 Å². The Morgan fingerprint density at radius 2 is 2.08 bits per heavy atom. The Hall–Kier alpha value is -2.67. The Morgan fingerprint density at radius 3 is 2.83 bits per heavy atom. The van der Waals surface area contributed by atoms with Crippen molar-refractivity contribution in [3.63, 3.8) is 0 Å². The van der Waals surface area contributed by atoms with Crippen LogP contribution in [-0.4, -0.2) is 28.1 Å². The number of halogens is 1. The number of para-hydroxylation sites is 1. The van der Waals surface area contributed by atoms with Crippen LogP contribution in [0, 0.1) is 6.92 Å². The predicted octanol–water partition coefficient (Wildman–Crippen LogP) is 3.06. The molecule has 0 aliphatic carbocycles. The van der Waals surface area contributed by atoms with Crippen LogP contribution in [0.2, 0.25) is 0 Å². The first-order valence-electron chi connectivity index (χ1n) is 7.10. The molecule has 2 aromatic carbocycles. The zero-order chi connectivity index (χ0) is 17.3. The lowest BCUT2D eigenvalue weighted by molar-refractivity contribution is 0.372. The van der Waals surface area contributed by atoms with Crippen LogP contribution in [0.4, 0.5) is 0 Å². The number of aromatic nitrogens is 2. The normalized spacial score (nSPS) is 11.3. The van der Waals surface area contributed by atoms with E-state index in [4.69, 9.17) is 4.74 Å². The molecule has 0 spiro atoms. The molecule has 0 amide bonds. The van der Waals surface area contributed by atoms with E-state index in [0.717, 1.165) is 0 Å². The topological polar surface area (TPSA) is 76.7 Å². The Balaban J connectivity index is 2.09. The maximum atomic E-state index is 12.5. The molecule has 3 rings (SSSR count). The molecule has 0 aliphatic heterocycles. The van der Waals surface area contributed by atoms with Gasteiger partial charge in [0.1, 0.15) is 5.82 Å². The number of hydrogen-bond acceptors (Lipinski definition) is 5. The van der Waals surface area contributed by atoms with Gasteiger partial charge in [0.05, 0.1) is 28.7 Å². The van der Waals surface area contributed by atoms with Crippen molar-refractivity contribution in [3.8, 4) is 11.5 Å². The first-order valence-corrected chi connectivity index (χ1v) is 7.90. The second-order valence-corrected chi connectivity index (χ2v) is 5.95. The summed E-state index contributed by atoms with van der Waals surface area (Å²) in [6.07, 6.45) is 1.51. The highest BCUT2D eigenvalue weighted by Gasteiger charge is 2.09. The summed E-state index contributed by atoms with van der Waals surface area (Å²) < 4.78 is 6.82. The molecule has 0 saturated heterocycles. The molecule has 1 N–H and O–H groups in total. The highest BCUT2D eigenvalue weighted by atomic mass is 79.9. The molecule has 6 nitrogen and oxygen atoms in total. The van der Waals surface area contributed by atoms with Gasteiger partial charge in [-0.05, 0) is 52.7 Å². The van der Waals surface area contributed by atoms with Gasteiger partial charge in [-0.2, -0.15) is 9.78 Å². The summed E-state index contributed by atoms with van der Waals surface area (Å²) in [5.74, 6) is 0.807. The minimum Gasteiger partial charge on any atom is -0.503 e. The number of aromatic hydroxyl groups is 1. The minimum atomic E-state index is -0.237. The van der Waals surface area contributed by atoms with E-state index >= 15 is 0 Å². The molecule has 0 bridgehead atoms. The molecule has 1 aromatic heterocycles. The van der Waals surface area contributed by atoms with E-state index in [2.05, 4.69) is 26.0 Å². The van der Waals surface area contributed by atoms with Gasteiger partial charge in [0.2, 0.25) is 0 Å². The standard InChI is InChI=1S/C17H14BrN3O3/c1-10-20-14-6-4-3-5-12(14)17(23)21(10)19-9-11-7-13(18)16(22)15(8-11)24-2/h3-9,22H,1-2H3. The molecule has 1 heterocycles. The van der Waals surface area contributed by atoms with Gasteiger partial charge in [-0.3, -0.25) is 4.79 Å². The SMILES string of the molecule is COc1cc(C=Nn2c(C)nc3ccccc3c2=O)cc(Br)c1O. The number of rotatable bonds is 3. The van der Waals surface area contributed by atoms with Crippen molar-refractivity contribution in [1.82, 2.24) is 9.66 Å². The van der Waals surface area contributed by atoms with Crippen LogP contribution in [0.5, 0.6) is 11.5 Å². The lowest BCUT2D eigenvalue weighted by atomic mass is 10.2. The van der Waals surface area contributed by atoms with Crippen LogP contribution in [0.25, 0.3) is 10.9 Å². The van der Waals surface area contributed by atoms with E-state index in [-0.39, 0.29) is 11.3 Å². The third-order valence-electron chi connectivity index (χ3n) is 3.51. The van der Waals surface area contributed by atoms with E-state index < -0.39 is 0 Å². The van der Waals surface area contributed by atoms with Crippen LogP contribution < -0.4 is 10.3 Å². The molecule has 24 heavy (non-hydrogen) atoms. The number of phenolic OH excluding ortho intramolecular Hbond substituents is 1. The second-order valence-electron chi connectivity index (χ2n) is 5.09. The van der Waals surface area contributed by atoms with Crippen LogP contribution in [0.1, 0.15) is 11.4 Å². The predicted molar refractivity (Wildman–Crippen MR) is 96.1 cm³/mol. The largest absolute Gasteiger partial charge is 0.503 e. The summed E-state index contributed by atoms with van der Waals surface area (Å²) >= 11 is 3.25. The molecular weight excluding hydrogens is 374 g/mol. The van der Waals surface area contributed by atoms with Gasteiger partial charge in [0.15, 0.2) is 11.5 Å². The maximum absolute atomic E-state index is 12.5. The van der Waals surface area contributed by atoms with Gasteiger partial charge in [0.25, 0.3) is 5.56 Å².